The summed E-state index contributed by atoms with van der Waals surface area (Å²) in [5.41, 5.74) is 2.29. The van der Waals surface area contributed by atoms with E-state index in [1.54, 1.807) is 30.9 Å². The summed E-state index contributed by atoms with van der Waals surface area (Å²) in [6, 6.07) is 5.74. The minimum absolute atomic E-state index is 0.0267. The van der Waals surface area contributed by atoms with Crippen LogP contribution in [-0.4, -0.2) is 25.8 Å². The summed E-state index contributed by atoms with van der Waals surface area (Å²) in [5, 5.41) is 13.7. The molecule has 2 heterocycles. The van der Waals surface area contributed by atoms with Crippen molar-refractivity contribution < 1.29 is 14.3 Å². The Hall–Kier alpha value is -2.76. The zero-order valence-corrected chi connectivity index (χ0v) is 11.5. The Bertz CT molecular complexity index is 871. The summed E-state index contributed by atoms with van der Waals surface area (Å²) in [4.78, 5) is 15.9. The van der Waals surface area contributed by atoms with E-state index in [2.05, 4.69) is 10.1 Å². The number of carboxylic acids is 1. The third-order valence-corrected chi connectivity index (χ3v) is 3.38. The molecule has 0 unspecified atom stereocenters. The molecular weight excluding hydrogens is 273 g/mol. The molecule has 6 heteroatoms. The first kappa shape index (κ1) is 13.2. The average Bonchev–Trinajstić information content (AvgIpc) is 2.84. The number of carboxylic acid groups (broad SMARTS) is 1. The Morgan fingerprint density at radius 1 is 1.33 bits per heavy atom. The van der Waals surface area contributed by atoms with Gasteiger partial charge in [0.15, 0.2) is 0 Å². The Labute approximate surface area is 119 Å². The lowest BCUT2D eigenvalue weighted by Gasteiger charge is -2.09. The van der Waals surface area contributed by atoms with Crippen molar-refractivity contribution in [1.82, 2.24) is 14.8 Å². The fraction of sp³-hybridized carbons (Fsp3) is 0.133. The van der Waals surface area contributed by atoms with Gasteiger partial charge in [0.05, 0.1) is 22.5 Å². The van der Waals surface area contributed by atoms with E-state index in [1.165, 1.54) is 18.2 Å². The van der Waals surface area contributed by atoms with E-state index in [-0.39, 0.29) is 5.56 Å². The molecule has 0 bridgehead atoms. The van der Waals surface area contributed by atoms with Crippen molar-refractivity contribution in [3.63, 3.8) is 0 Å². The number of hydrogen-bond acceptors (Lipinski definition) is 3. The second-order valence-electron chi connectivity index (χ2n) is 4.82. The fourth-order valence-electron chi connectivity index (χ4n) is 2.39. The van der Waals surface area contributed by atoms with Crippen LogP contribution in [0.1, 0.15) is 15.9 Å². The molecule has 1 aromatic carbocycles. The van der Waals surface area contributed by atoms with Gasteiger partial charge in [-0.3, -0.25) is 4.68 Å². The van der Waals surface area contributed by atoms with Crippen molar-refractivity contribution in [1.29, 1.82) is 0 Å². The molecule has 0 amide bonds. The molecule has 0 saturated heterocycles. The maximum atomic E-state index is 13.5. The molecule has 0 radical (unpaired) electrons. The van der Waals surface area contributed by atoms with Gasteiger partial charge < -0.3 is 5.11 Å². The van der Waals surface area contributed by atoms with Gasteiger partial charge in [-0.1, -0.05) is 0 Å². The van der Waals surface area contributed by atoms with Crippen LogP contribution in [0.25, 0.3) is 22.3 Å². The van der Waals surface area contributed by atoms with Gasteiger partial charge in [0.2, 0.25) is 0 Å². The van der Waals surface area contributed by atoms with E-state index in [1.807, 2.05) is 0 Å². The zero-order chi connectivity index (χ0) is 15.1. The van der Waals surface area contributed by atoms with Crippen molar-refractivity contribution in [2.24, 2.45) is 7.05 Å². The summed E-state index contributed by atoms with van der Waals surface area (Å²) >= 11 is 0. The molecule has 0 spiro atoms. The molecule has 0 aliphatic rings. The normalized spacial score (nSPS) is 11.0. The quantitative estimate of drug-likeness (QED) is 0.786. The Kier molecular flexibility index (Phi) is 2.94. The van der Waals surface area contributed by atoms with Crippen LogP contribution >= 0.6 is 0 Å². The lowest BCUT2D eigenvalue weighted by atomic mass is 10.0. The molecule has 106 valence electrons. The largest absolute Gasteiger partial charge is 0.478 e. The van der Waals surface area contributed by atoms with Gasteiger partial charge in [-0.2, -0.15) is 5.10 Å². The number of rotatable bonds is 2. The predicted molar refractivity (Wildman–Crippen MR) is 75.6 cm³/mol. The van der Waals surface area contributed by atoms with Crippen LogP contribution in [0, 0.1) is 12.7 Å². The smallest absolute Gasteiger partial charge is 0.336 e. The van der Waals surface area contributed by atoms with E-state index in [0.717, 1.165) is 0 Å². The third-order valence-electron chi connectivity index (χ3n) is 3.38. The van der Waals surface area contributed by atoms with Gasteiger partial charge in [0.1, 0.15) is 5.82 Å². The average molecular weight is 285 g/mol. The summed E-state index contributed by atoms with van der Waals surface area (Å²) < 4.78 is 15.2. The highest BCUT2D eigenvalue weighted by Gasteiger charge is 2.16. The predicted octanol–water partition coefficient (Wildman–Crippen LogP) is 2.78. The molecule has 3 rings (SSSR count). The standard InChI is InChI=1S/C15H12FN3O2/c1-8-5-9(16)6-10-11(15(20)21)7-12(18-14(8)10)13-3-4-17-19(13)2/h3-7H,1-2H3,(H,20,21). The molecule has 1 N–H and O–H groups in total. The molecule has 0 atom stereocenters. The minimum Gasteiger partial charge on any atom is -0.478 e. The van der Waals surface area contributed by atoms with Crippen molar-refractivity contribution >= 4 is 16.9 Å². The van der Waals surface area contributed by atoms with Gasteiger partial charge in [-0.25, -0.2) is 14.2 Å². The van der Waals surface area contributed by atoms with Crippen LogP contribution in [0.2, 0.25) is 0 Å². The number of fused-ring (bicyclic) bond motifs is 1. The number of aryl methyl sites for hydroxylation is 2. The van der Waals surface area contributed by atoms with Crippen LogP contribution in [0.3, 0.4) is 0 Å². The summed E-state index contributed by atoms with van der Waals surface area (Å²) in [5.74, 6) is -1.59. The molecule has 0 aliphatic carbocycles. The van der Waals surface area contributed by atoms with E-state index in [0.29, 0.717) is 27.9 Å². The first-order valence-corrected chi connectivity index (χ1v) is 6.30. The number of pyridine rings is 1. The fourth-order valence-corrected chi connectivity index (χ4v) is 2.39. The molecule has 3 aromatic rings. The van der Waals surface area contributed by atoms with Gasteiger partial charge in [0, 0.05) is 18.6 Å². The SMILES string of the molecule is Cc1cc(F)cc2c(C(=O)O)cc(-c3ccnn3C)nc12. The molecule has 2 aromatic heterocycles. The van der Waals surface area contributed by atoms with Crippen molar-refractivity contribution in [2.45, 2.75) is 6.92 Å². The van der Waals surface area contributed by atoms with Crippen LogP contribution in [-0.2, 0) is 7.05 Å². The van der Waals surface area contributed by atoms with Crippen LogP contribution in [0.5, 0.6) is 0 Å². The third kappa shape index (κ3) is 2.14. The zero-order valence-electron chi connectivity index (χ0n) is 11.5. The highest BCUT2D eigenvalue weighted by atomic mass is 19.1. The number of aromatic carboxylic acids is 1. The van der Waals surface area contributed by atoms with E-state index in [4.69, 9.17) is 0 Å². The molecule has 21 heavy (non-hydrogen) atoms. The van der Waals surface area contributed by atoms with Gasteiger partial charge in [-0.05, 0) is 36.8 Å². The maximum absolute atomic E-state index is 13.5. The molecule has 0 fully saturated rings. The lowest BCUT2D eigenvalue weighted by molar-refractivity contribution is 0.0699. The first-order valence-electron chi connectivity index (χ1n) is 6.30. The lowest BCUT2D eigenvalue weighted by Crippen LogP contribution is -2.03. The summed E-state index contributed by atoms with van der Waals surface area (Å²) in [6.45, 7) is 1.71. The van der Waals surface area contributed by atoms with Crippen molar-refractivity contribution in [3.8, 4) is 11.4 Å². The van der Waals surface area contributed by atoms with Crippen LogP contribution in [0.4, 0.5) is 4.39 Å². The van der Waals surface area contributed by atoms with Gasteiger partial charge in [0.25, 0.3) is 0 Å². The molecule has 5 nitrogen and oxygen atoms in total. The Morgan fingerprint density at radius 3 is 2.71 bits per heavy atom. The number of aromatic nitrogens is 3. The number of carbonyl (C=O) groups is 1. The molecule has 0 aliphatic heterocycles. The molecule has 0 saturated carbocycles. The Balaban J connectivity index is 2.40. The van der Waals surface area contributed by atoms with Crippen LogP contribution in [0.15, 0.2) is 30.5 Å². The molecular formula is C15H12FN3O2. The monoisotopic (exact) mass is 285 g/mol. The maximum Gasteiger partial charge on any atom is 0.336 e. The van der Waals surface area contributed by atoms with Crippen molar-refractivity contribution in [2.75, 3.05) is 0 Å². The second kappa shape index (κ2) is 4.66. The first-order chi connectivity index (χ1) is 9.97. The topological polar surface area (TPSA) is 68.0 Å². The van der Waals surface area contributed by atoms with E-state index in [9.17, 15) is 14.3 Å². The number of benzene rings is 1. The van der Waals surface area contributed by atoms with Crippen molar-refractivity contribution in [3.05, 3.63) is 47.4 Å². The van der Waals surface area contributed by atoms with Gasteiger partial charge >= 0.3 is 5.97 Å². The highest BCUT2D eigenvalue weighted by molar-refractivity contribution is 6.04. The number of nitrogens with zero attached hydrogens (tertiary/aromatic N) is 3. The second-order valence-corrected chi connectivity index (χ2v) is 4.82. The number of halogens is 1. The number of hydrogen-bond donors (Lipinski definition) is 1. The van der Waals surface area contributed by atoms with Crippen LogP contribution < -0.4 is 0 Å². The summed E-state index contributed by atoms with van der Waals surface area (Å²) in [6.07, 6.45) is 1.61. The highest BCUT2D eigenvalue weighted by Crippen LogP contribution is 2.27. The summed E-state index contributed by atoms with van der Waals surface area (Å²) in [7, 11) is 1.75. The van der Waals surface area contributed by atoms with E-state index >= 15 is 0 Å². The minimum atomic E-state index is -1.11. The Morgan fingerprint density at radius 2 is 2.10 bits per heavy atom. The van der Waals surface area contributed by atoms with E-state index < -0.39 is 11.8 Å². The van der Waals surface area contributed by atoms with Gasteiger partial charge in [-0.15, -0.1) is 0 Å².